The summed E-state index contributed by atoms with van der Waals surface area (Å²) in [5.74, 6) is -0.368. The lowest BCUT2D eigenvalue weighted by atomic mass is 9.89. The molecule has 1 N–H and O–H groups in total. The molecule has 3 atom stereocenters. The van der Waals surface area contributed by atoms with Crippen molar-refractivity contribution < 1.29 is 9.90 Å². The molecule has 0 aromatic rings. The van der Waals surface area contributed by atoms with Gasteiger partial charge in [0.15, 0.2) is 0 Å². The molecule has 0 aromatic carbocycles. The second-order valence-electron chi connectivity index (χ2n) is 4.40. The standard InChI is InChI=1S/C11H21NO2/c1-4-9(3)12-7-5-6-8(2)10(12)11(13)14/h8-10H,4-7H2,1-3H3,(H,13,14). The molecule has 0 saturated carbocycles. The summed E-state index contributed by atoms with van der Waals surface area (Å²) in [5.41, 5.74) is 0. The number of carbonyl (C=O) groups is 1. The molecule has 1 fully saturated rings. The fourth-order valence-electron chi connectivity index (χ4n) is 2.33. The summed E-state index contributed by atoms with van der Waals surface area (Å²) < 4.78 is 0. The first kappa shape index (κ1) is 11.5. The molecule has 1 aliphatic heterocycles. The molecule has 3 nitrogen and oxygen atoms in total. The number of piperidine rings is 1. The van der Waals surface area contributed by atoms with E-state index in [0.29, 0.717) is 6.04 Å². The molecule has 1 aliphatic rings. The maximum Gasteiger partial charge on any atom is 0.321 e. The number of aliphatic carboxylic acids is 1. The van der Waals surface area contributed by atoms with Crippen LogP contribution in [0.2, 0.25) is 0 Å². The van der Waals surface area contributed by atoms with Gasteiger partial charge in [-0.15, -0.1) is 0 Å². The van der Waals surface area contributed by atoms with Crippen LogP contribution in [0.15, 0.2) is 0 Å². The van der Waals surface area contributed by atoms with Crippen molar-refractivity contribution in [3.63, 3.8) is 0 Å². The van der Waals surface area contributed by atoms with Gasteiger partial charge in [0, 0.05) is 6.04 Å². The van der Waals surface area contributed by atoms with Crippen LogP contribution in [0.4, 0.5) is 0 Å². The van der Waals surface area contributed by atoms with E-state index in [1.165, 1.54) is 0 Å². The van der Waals surface area contributed by atoms with Crippen LogP contribution in [0, 0.1) is 5.92 Å². The highest BCUT2D eigenvalue weighted by molar-refractivity contribution is 5.74. The molecule has 14 heavy (non-hydrogen) atoms. The van der Waals surface area contributed by atoms with Crippen LogP contribution in [0.5, 0.6) is 0 Å². The van der Waals surface area contributed by atoms with E-state index in [2.05, 4.69) is 18.7 Å². The molecular formula is C11H21NO2. The van der Waals surface area contributed by atoms with E-state index in [0.717, 1.165) is 25.8 Å². The van der Waals surface area contributed by atoms with Crippen LogP contribution in [0.1, 0.15) is 40.0 Å². The van der Waals surface area contributed by atoms with E-state index < -0.39 is 5.97 Å². The molecule has 0 bridgehead atoms. The summed E-state index contributed by atoms with van der Waals surface area (Å²) in [5, 5.41) is 9.18. The van der Waals surface area contributed by atoms with Gasteiger partial charge in [-0.1, -0.05) is 13.8 Å². The van der Waals surface area contributed by atoms with Gasteiger partial charge < -0.3 is 5.11 Å². The predicted octanol–water partition coefficient (Wildman–Crippen LogP) is 1.97. The third-order valence-corrected chi connectivity index (χ3v) is 3.38. The van der Waals surface area contributed by atoms with Gasteiger partial charge in [-0.3, -0.25) is 9.69 Å². The highest BCUT2D eigenvalue weighted by Crippen LogP contribution is 2.26. The Kier molecular flexibility index (Phi) is 3.93. The molecule has 82 valence electrons. The van der Waals surface area contributed by atoms with Crippen LogP contribution in [0.3, 0.4) is 0 Å². The average molecular weight is 199 g/mol. The third-order valence-electron chi connectivity index (χ3n) is 3.38. The van der Waals surface area contributed by atoms with Crippen LogP contribution in [-0.2, 0) is 4.79 Å². The Bertz CT molecular complexity index is 205. The van der Waals surface area contributed by atoms with E-state index in [-0.39, 0.29) is 12.0 Å². The minimum Gasteiger partial charge on any atom is -0.480 e. The van der Waals surface area contributed by atoms with Crippen molar-refractivity contribution in [3.05, 3.63) is 0 Å². The SMILES string of the molecule is CCC(C)N1CCCC(C)C1C(=O)O. The molecule has 0 aromatic heterocycles. The zero-order valence-corrected chi connectivity index (χ0v) is 9.36. The zero-order valence-electron chi connectivity index (χ0n) is 9.36. The smallest absolute Gasteiger partial charge is 0.321 e. The minimum absolute atomic E-state index is 0.265. The predicted molar refractivity (Wildman–Crippen MR) is 56.3 cm³/mol. The monoisotopic (exact) mass is 199 g/mol. The van der Waals surface area contributed by atoms with Crippen molar-refractivity contribution in [3.8, 4) is 0 Å². The summed E-state index contributed by atoms with van der Waals surface area (Å²) in [4.78, 5) is 13.3. The van der Waals surface area contributed by atoms with Crippen LogP contribution in [0.25, 0.3) is 0 Å². The number of carboxylic acid groups (broad SMARTS) is 1. The van der Waals surface area contributed by atoms with Crippen LogP contribution < -0.4 is 0 Å². The second-order valence-corrected chi connectivity index (χ2v) is 4.40. The summed E-state index contributed by atoms with van der Waals surface area (Å²) in [7, 11) is 0. The molecule has 0 radical (unpaired) electrons. The van der Waals surface area contributed by atoms with Gasteiger partial charge in [-0.25, -0.2) is 0 Å². The maximum absolute atomic E-state index is 11.2. The third kappa shape index (κ3) is 2.27. The number of carboxylic acids is 1. The van der Waals surface area contributed by atoms with E-state index in [9.17, 15) is 9.90 Å². The summed E-state index contributed by atoms with van der Waals surface area (Å²) in [6, 6.07) is 0.123. The van der Waals surface area contributed by atoms with Crippen molar-refractivity contribution in [1.82, 2.24) is 4.90 Å². The van der Waals surface area contributed by atoms with Gasteiger partial charge in [0.25, 0.3) is 0 Å². The van der Waals surface area contributed by atoms with E-state index in [4.69, 9.17) is 0 Å². The fourth-order valence-corrected chi connectivity index (χ4v) is 2.33. The molecule has 1 saturated heterocycles. The van der Waals surface area contributed by atoms with Crippen LogP contribution >= 0.6 is 0 Å². The molecular weight excluding hydrogens is 178 g/mol. The lowest BCUT2D eigenvalue weighted by Gasteiger charge is -2.40. The number of rotatable bonds is 3. The van der Waals surface area contributed by atoms with Crippen LogP contribution in [-0.4, -0.2) is 34.6 Å². The van der Waals surface area contributed by atoms with Crippen molar-refractivity contribution in [2.24, 2.45) is 5.92 Å². The summed E-state index contributed by atoms with van der Waals surface area (Å²) in [6.07, 6.45) is 3.20. The van der Waals surface area contributed by atoms with Crippen molar-refractivity contribution in [2.75, 3.05) is 6.54 Å². The molecule has 3 heteroatoms. The minimum atomic E-state index is -0.655. The highest BCUT2D eigenvalue weighted by Gasteiger charge is 2.35. The Hall–Kier alpha value is -0.570. The van der Waals surface area contributed by atoms with Gasteiger partial charge in [0.1, 0.15) is 6.04 Å². The Morgan fingerprint density at radius 2 is 2.29 bits per heavy atom. The topological polar surface area (TPSA) is 40.5 Å². The number of hydrogen-bond acceptors (Lipinski definition) is 2. The van der Waals surface area contributed by atoms with Crippen molar-refractivity contribution in [2.45, 2.75) is 52.1 Å². The van der Waals surface area contributed by atoms with Gasteiger partial charge in [0.2, 0.25) is 0 Å². The first-order valence-electron chi connectivity index (χ1n) is 5.56. The first-order chi connectivity index (χ1) is 6.57. The molecule has 1 heterocycles. The number of likely N-dealkylation sites (tertiary alicyclic amines) is 1. The average Bonchev–Trinajstić information content (AvgIpc) is 2.15. The molecule has 1 rings (SSSR count). The molecule has 0 spiro atoms. The van der Waals surface area contributed by atoms with E-state index >= 15 is 0 Å². The fraction of sp³-hybridized carbons (Fsp3) is 0.909. The largest absolute Gasteiger partial charge is 0.480 e. The Balaban J connectivity index is 2.74. The van der Waals surface area contributed by atoms with Gasteiger partial charge in [-0.2, -0.15) is 0 Å². The Morgan fingerprint density at radius 3 is 2.79 bits per heavy atom. The molecule has 0 amide bonds. The van der Waals surface area contributed by atoms with Crippen molar-refractivity contribution >= 4 is 5.97 Å². The van der Waals surface area contributed by atoms with E-state index in [1.807, 2.05) is 6.92 Å². The number of hydrogen-bond donors (Lipinski definition) is 1. The van der Waals surface area contributed by atoms with Crippen molar-refractivity contribution in [1.29, 1.82) is 0 Å². The highest BCUT2D eigenvalue weighted by atomic mass is 16.4. The zero-order chi connectivity index (χ0) is 10.7. The quantitative estimate of drug-likeness (QED) is 0.755. The lowest BCUT2D eigenvalue weighted by molar-refractivity contribution is -0.148. The van der Waals surface area contributed by atoms with Gasteiger partial charge in [-0.05, 0) is 38.6 Å². The Morgan fingerprint density at radius 1 is 1.64 bits per heavy atom. The number of nitrogens with zero attached hydrogens (tertiary/aromatic N) is 1. The molecule has 0 aliphatic carbocycles. The lowest BCUT2D eigenvalue weighted by Crippen LogP contribution is -2.52. The van der Waals surface area contributed by atoms with E-state index in [1.54, 1.807) is 0 Å². The maximum atomic E-state index is 11.2. The Labute approximate surface area is 86.1 Å². The summed E-state index contributed by atoms with van der Waals surface area (Å²) in [6.45, 7) is 7.22. The second kappa shape index (κ2) is 4.78. The van der Waals surface area contributed by atoms with Gasteiger partial charge in [0.05, 0.1) is 0 Å². The summed E-state index contributed by atoms with van der Waals surface area (Å²) >= 11 is 0. The van der Waals surface area contributed by atoms with Gasteiger partial charge >= 0.3 is 5.97 Å². The molecule has 3 unspecified atom stereocenters. The first-order valence-corrected chi connectivity index (χ1v) is 5.56. The normalized spacial score (nSPS) is 31.4.